The van der Waals surface area contributed by atoms with Crippen molar-refractivity contribution in [2.75, 3.05) is 5.75 Å². The standard InChI is InChI=1S/C24H28N4O2S/c1-5-28-22(21(16(2)3)25-23(30)19-13-9-10-17(4)14-19)26-27-24(28)31-15-20(29)18-11-7-6-8-12-18/h6-14,16,21H,5,15H2,1-4H3,(H,25,30). The number of thioether (sulfide) groups is 1. The van der Waals surface area contributed by atoms with Gasteiger partial charge in [0, 0.05) is 17.7 Å². The number of ketones is 1. The van der Waals surface area contributed by atoms with Gasteiger partial charge in [-0.2, -0.15) is 0 Å². The Kier molecular flexibility index (Phi) is 7.63. The molecule has 0 aliphatic carbocycles. The summed E-state index contributed by atoms with van der Waals surface area (Å²) in [6.45, 7) is 8.71. The third kappa shape index (κ3) is 5.61. The number of hydrogen-bond donors (Lipinski definition) is 1. The molecule has 3 aromatic rings. The molecule has 1 unspecified atom stereocenters. The van der Waals surface area contributed by atoms with Crippen molar-refractivity contribution in [1.29, 1.82) is 0 Å². The normalized spacial score (nSPS) is 12.0. The van der Waals surface area contributed by atoms with E-state index in [-0.39, 0.29) is 29.4 Å². The van der Waals surface area contributed by atoms with E-state index < -0.39 is 0 Å². The molecular weight excluding hydrogens is 408 g/mol. The van der Waals surface area contributed by atoms with Gasteiger partial charge in [-0.1, -0.05) is 73.6 Å². The molecule has 0 aliphatic heterocycles. The molecule has 2 aromatic carbocycles. The van der Waals surface area contributed by atoms with Gasteiger partial charge >= 0.3 is 0 Å². The number of aryl methyl sites for hydroxylation is 1. The maximum absolute atomic E-state index is 12.8. The summed E-state index contributed by atoms with van der Waals surface area (Å²) >= 11 is 1.37. The number of nitrogens with zero attached hydrogens (tertiary/aromatic N) is 3. The molecule has 0 aliphatic rings. The van der Waals surface area contributed by atoms with Crippen LogP contribution in [0.4, 0.5) is 0 Å². The summed E-state index contributed by atoms with van der Waals surface area (Å²) in [5.74, 6) is 1.01. The molecule has 1 heterocycles. The minimum Gasteiger partial charge on any atom is -0.342 e. The van der Waals surface area contributed by atoms with E-state index in [2.05, 4.69) is 15.5 Å². The van der Waals surface area contributed by atoms with Crippen LogP contribution in [0.15, 0.2) is 59.8 Å². The number of rotatable bonds is 9. The first-order valence-corrected chi connectivity index (χ1v) is 11.4. The number of Topliss-reactive ketones (excluding diaryl/α,β-unsaturated/α-hetero) is 1. The van der Waals surface area contributed by atoms with Gasteiger partial charge in [-0.3, -0.25) is 9.59 Å². The molecule has 1 atom stereocenters. The van der Waals surface area contributed by atoms with E-state index in [1.807, 2.05) is 80.8 Å². The third-order valence-corrected chi connectivity index (χ3v) is 5.97. The van der Waals surface area contributed by atoms with Crippen LogP contribution in [0.2, 0.25) is 0 Å². The number of benzene rings is 2. The van der Waals surface area contributed by atoms with Gasteiger partial charge in [0.1, 0.15) is 0 Å². The first kappa shape index (κ1) is 22.7. The van der Waals surface area contributed by atoms with Crippen molar-refractivity contribution in [1.82, 2.24) is 20.1 Å². The van der Waals surface area contributed by atoms with Crippen molar-refractivity contribution in [2.45, 2.75) is 45.4 Å². The van der Waals surface area contributed by atoms with Gasteiger partial charge in [0.2, 0.25) is 0 Å². The van der Waals surface area contributed by atoms with Gasteiger partial charge < -0.3 is 9.88 Å². The van der Waals surface area contributed by atoms with Crippen molar-refractivity contribution in [3.63, 3.8) is 0 Å². The minimum atomic E-state index is -0.292. The van der Waals surface area contributed by atoms with E-state index in [1.165, 1.54) is 11.8 Å². The molecule has 0 saturated carbocycles. The Morgan fingerprint density at radius 3 is 2.39 bits per heavy atom. The zero-order chi connectivity index (χ0) is 22.4. The maximum Gasteiger partial charge on any atom is 0.251 e. The van der Waals surface area contributed by atoms with Gasteiger partial charge in [-0.05, 0) is 31.9 Å². The number of amides is 1. The van der Waals surface area contributed by atoms with Crippen molar-refractivity contribution in [3.05, 3.63) is 77.1 Å². The van der Waals surface area contributed by atoms with E-state index in [0.717, 1.165) is 5.56 Å². The predicted octanol–water partition coefficient (Wildman–Crippen LogP) is 4.71. The molecule has 0 bridgehead atoms. The predicted molar refractivity (Wildman–Crippen MR) is 123 cm³/mol. The van der Waals surface area contributed by atoms with Crippen LogP contribution < -0.4 is 5.32 Å². The Hall–Kier alpha value is -2.93. The lowest BCUT2D eigenvalue weighted by Crippen LogP contribution is -2.33. The molecule has 3 rings (SSSR count). The molecule has 1 aromatic heterocycles. The van der Waals surface area contributed by atoms with Crippen LogP contribution >= 0.6 is 11.8 Å². The summed E-state index contributed by atoms with van der Waals surface area (Å²) in [5.41, 5.74) is 2.34. The Bertz CT molecular complexity index is 1050. The molecule has 0 fully saturated rings. The van der Waals surface area contributed by atoms with Gasteiger partial charge in [0.05, 0.1) is 11.8 Å². The van der Waals surface area contributed by atoms with E-state index >= 15 is 0 Å². The molecule has 0 radical (unpaired) electrons. The van der Waals surface area contributed by atoms with Gasteiger partial charge in [-0.25, -0.2) is 0 Å². The van der Waals surface area contributed by atoms with Crippen LogP contribution in [0.3, 0.4) is 0 Å². The average Bonchev–Trinajstić information content (AvgIpc) is 3.18. The fraction of sp³-hybridized carbons (Fsp3) is 0.333. The average molecular weight is 437 g/mol. The van der Waals surface area contributed by atoms with Gasteiger partial charge in [-0.15, -0.1) is 10.2 Å². The fourth-order valence-electron chi connectivity index (χ4n) is 3.31. The van der Waals surface area contributed by atoms with E-state index in [0.29, 0.717) is 28.7 Å². The molecule has 6 nitrogen and oxygen atoms in total. The molecular formula is C24H28N4O2S. The number of carbonyl (C=O) groups is 2. The minimum absolute atomic E-state index is 0.0472. The lowest BCUT2D eigenvalue weighted by Gasteiger charge is -2.22. The van der Waals surface area contributed by atoms with Crippen molar-refractivity contribution < 1.29 is 9.59 Å². The van der Waals surface area contributed by atoms with E-state index in [4.69, 9.17) is 0 Å². The monoisotopic (exact) mass is 436 g/mol. The topological polar surface area (TPSA) is 76.9 Å². The molecule has 0 spiro atoms. The van der Waals surface area contributed by atoms with Crippen molar-refractivity contribution in [2.24, 2.45) is 5.92 Å². The lowest BCUT2D eigenvalue weighted by atomic mass is 10.0. The summed E-state index contributed by atoms with van der Waals surface area (Å²) in [6, 6.07) is 16.5. The van der Waals surface area contributed by atoms with Crippen LogP contribution in [-0.4, -0.2) is 32.2 Å². The highest BCUT2D eigenvalue weighted by molar-refractivity contribution is 7.99. The van der Waals surface area contributed by atoms with Crippen LogP contribution in [-0.2, 0) is 6.54 Å². The van der Waals surface area contributed by atoms with Crippen LogP contribution in [0, 0.1) is 12.8 Å². The Balaban J connectivity index is 1.77. The Morgan fingerprint density at radius 2 is 1.74 bits per heavy atom. The molecule has 1 amide bonds. The number of nitrogens with one attached hydrogen (secondary N) is 1. The van der Waals surface area contributed by atoms with E-state index in [9.17, 15) is 9.59 Å². The quantitative estimate of drug-likeness (QED) is 0.388. The van der Waals surface area contributed by atoms with E-state index in [1.54, 1.807) is 6.07 Å². The van der Waals surface area contributed by atoms with Crippen LogP contribution in [0.5, 0.6) is 0 Å². The zero-order valence-corrected chi connectivity index (χ0v) is 19.1. The molecule has 7 heteroatoms. The summed E-state index contributed by atoms with van der Waals surface area (Å²) < 4.78 is 1.98. The fourth-order valence-corrected chi connectivity index (χ4v) is 4.22. The van der Waals surface area contributed by atoms with Gasteiger partial charge in [0.15, 0.2) is 16.8 Å². The number of hydrogen-bond acceptors (Lipinski definition) is 5. The maximum atomic E-state index is 12.8. The third-order valence-electron chi connectivity index (χ3n) is 5.00. The Labute approximate surface area is 187 Å². The van der Waals surface area contributed by atoms with Gasteiger partial charge in [0.25, 0.3) is 5.91 Å². The highest BCUT2D eigenvalue weighted by Gasteiger charge is 2.26. The summed E-state index contributed by atoms with van der Waals surface area (Å²) in [4.78, 5) is 25.3. The smallest absolute Gasteiger partial charge is 0.251 e. The number of carbonyl (C=O) groups excluding carboxylic acids is 2. The molecule has 162 valence electrons. The van der Waals surface area contributed by atoms with Crippen molar-refractivity contribution >= 4 is 23.5 Å². The first-order chi connectivity index (χ1) is 14.9. The highest BCUT2D eigenvalue weighted by atomic mass is 32.2. The zero-order valence-electron chi connectivity index (χ0n) is 18.3. The lowest BCUT2D eigenvalue weighted by molar-refractivity contribution is 0.0921. The van der Waals surface area contributed by atoms with Crippen molar-refractivity contribution in [3.8, 4) is 0 Å². The summed E-state index contributed by atoms with van der Waals surface area (Å²) in [6.07, 6.45) is 0. The van der Waals surface area contributed by atoms with Crippen LogP contribution in [0.1, 0.15) is 58.9 Å². The first-order valence-electron chi connectivity index (χ1n) is 10.4. The summed E-state index contributed by atoms with van der Waals surface area (Å²) in [5, 5.41) is 12.5. The largest absolute Gasteiger partial charge is 0.342 e. The molecule has 0 saturated heterocycles. The second kappa shape index (κ2) is 10.4. The molecule has 1 N–H and O–H groups in total. The SMILES string of the molecule is CCn1c(SCC(=O)c2ccccc2)nnc1C(NC(=O)c1cccc(C)c1)C(C)C. The Morgan fingerprint density at radius 1 is 1.03 bits per heavy atom. The highest BCUT2D eigenvalue weighted by Crippen LogP contribution is 2.26. The number of aromatic nitrogens is 3. The summed E-state index contributed by atoms with van der Waals surface area (Å²) in [7, 11) is 0. The second-order valence-corrected chi connectivity index (χ2v) is 8.67. The molecule has 31 heavy (non-hydrogen) atoms. The second-order valence-electron chi connectivity index (χ2n) is 7.73. The van der Waals surface area contributed by atoms with Crippen LogP contribution in [0.25, 0.3) is 0 Å².